The van der Waals surface area contributed by atoms with Gasteiger partial charge in [0, 0.05) is 5.69 Å². The Morgan fingerprint density at radius 3 is 2.51 bits per heavy atom. The molecule has 10 nitrogen and oxygen atoms in total. The monoisotopic (exact) mass is 688 g/mol. The van der Waals surface area contributed by atoms with E-state index in [9.17, 15) is 24.3 Å². The summed E-state index contributed by atoms with van der Waals surface area (Å²) in [6.07, 6.45) is 1.56. The summed E-state index contributed by atoms with van der Waals surface area (Å²) >= 11 is 2.82. The van der Waals surface area contributed by atoms with Gasteiger partial charge in [0.25, 0.3) is 11.1 Å². The first-order chi connectivity index (χ1) is 19.7. The molecule has 1 aliphatic rings. The summed E-state index contributed by atoms with van der Waals surface area (Å²) in [4.78, 5) is 50.4. The first-order valence-corrected chi connectivity index (χ1v) is 14.2. The quantitative estimate of drug-likeness (QED) is 0.194. The van der Waals surface area contributed by atoms with Gasteiger partial charge in [-0.05, 0) is 107 Å². The smallest absolute Gasteiger partial charge is 0.335 e. The second-order valence-corrected chi connectivity index (χ2v) is 10.8. The van der Waals surface area contributed by atoms with Gasteiger partial charge in [0.1, 0.15) is 18.9 Å². The number of benzene rings is 3. The van der Waals surface area contributed by atoms with Crippen LogP contribution < -0.4 is 19.5 Å². The van der Waals surface area contributed by atoms with Crippen LogP contribution in [0.2, 0.25) is 0 Å². The maximum atomic E-state index is 13.0. The van der Waals surface area contributed by atoms with E-state index >= 15 is 0 Å². The lowest BCUT2D eigenvalue weighted by Gasteiger charge is -2.14. The van der Waals surface area contributed by atoms with Gasteiger partial charge >= 0.3 is 5.97 Å². The Hall–Kier alpha value is -4.04. The fourth-order valence-corrected chi connectivity index (χ4v) is 5.47. The third kappa shape index (κ3) is 7.58. The number of aromatic carboxylic acids is 1. The standard InChI is InChI=1S/C29H25IN2O8S/c1-3-39-21-9-7-20(8-10-21)31-25(33)15-32-27(34)24(41-29(32)37)14-18-12-22(30)26(23(13-18)38-2)40-16-17-5-4-6-19(11-17)28(35)36/h4-14H,3,15-16H2,1-2H3,(H,31,33)(H,35,36)/b24-14+. The predicted octanol–water partition coefficient (Wildman–Crippen LogP) is 5.65. The minimum Gasteiger partial charge on any atom is -0.494 e. The Kier molecular flexibility index (Phi) is 9.89. The summed E-state index contributed by atoms with van der Waals surface area (Å²) in [6, 6.07) is 16.6. The van der Waals surface area contributed by atoms with Gasteiger partial charge in [0.05, 0.1) is 27.8 Å². The Bertz CT molecular complexity index is 1520. The first kappa shape index (κ1) is 29.9. The zero-order valence-corrected chi connectivity index (χ0v) is 25.0. The summed E-state index contributed by atoms with van der Waals surface area (Å²) < 4.78 is 17.5. The van der Waals surface area contributed by atoms with Crippen molar-refractivity contribution in [1.29, 1.82) is 0 Å². The molecule has 4 rings (SSSR count). The Balaban J connectivity index is 1.44. The van der Waals surface area contributed by atoms with Gasteiger partial charge in [0.2, 0.25) is 5.91 Å². The maximum Gasteiger partial charge on any atom is 0.335 e. The van der Waals surface area contributed by atoms with Crippen LogP contribution in [0.1, 0.15) is 28.4 Å². The van der Waals surface area contributed by atoms with E-state index in [0.29, 0.717) is 44.2 Å². The van der Waals surface area contributed by atoms with Crippen LogP contribution in [0.3, 0.4) is 0 Å². The number of nitrogens with zero attached hydrogens (tertiary/aromatic N) is 1. The van der Waals surface area contributed by atoms with Crippen LogP contribution in [0.15, 0.2) is 65.6 Å². The molecule has 2 N–H and O–H groups in total. The minimum absolute atomic E-state index is 0.116. The fraction of sp³-hybridized carbons (Fsp3) is 0.172. The molecule has 1 fully saturated rings. The zero-order chi connectivity index (χ0) is 29.5. The lowest BCUT2D eigenvalue weighted by Crippen LogP contribution is -2.36. The summed E-state index contributed by atoms with van der Waals surface area (Å²) in [5, 5.41) is 11.3. The molecule has 1 aliphatic heterocycles. The van der Waals surface area contributed by atoms with E-state index in [0.717, 1.165) is 16.7 Å². The lowest BCUT2D eigenvalue weighted by atomic mass is 10.1. The van der Waals surface area contributed by atoms with Crippen LogP contribution in [-0.4, -0.2) is 53.3 Å². The van der Waals surface area contributed by atoms with Crippen LogP contribution in [0, 0.1) is 3.57 Å². The largest absolute Gasteiger partial charge is 0.494 e. The zero-order valence-electron chi connectivity index (χ0n) is 22.0. The highest BCUT2D eigenvalue weighted by molar-refractivity contribution is 14.1. The number of methoxy groups -OCH3 is 1. The number of carbonyl (C=O) groups excluding carboxylic acids is 3. The van der Waals surface area contributed by atoms with Crippen molar-refractivity contribution in [3.8, 4) is 17.2 Å². The number of anilines is 1. The number of amides is 3. The molecule has 12 heteroatoms. The third-order valence-corrected chi connectivity index (χ3v) is 7.44. The molecule has 3 aromatic carbocycles. The Morgan fingerprint density at radius 2 is 1.83 bits per heavy atom. The van der Waals surface area contributed by atoms with E-state index in [2.05, 4.69) is 27.9 Å². The molecule has 1 heterocycles. The van der Waals surface area contributed by atoms with Crippen molar-refractivity contribution in [2.24, 2.45) is 0 Å². The van der Waals surface area contributed by atoms with Gasteiger partial charge < -0.3 is 24.6 Å². The van der Waals surface area contributed by atoms with Crippen molar-refractivity contribution in [1.82, 2.24) is 4.90 Å². The molecule has 1 saturated heterocycles. The number of thioether (sulfide) groups is 1. The van der Waals surface area contributed by atoms with E-state index in [-0.39, 0.29) is 17.1 Å². The SMILES string of the molecule is CCOc1ccc(NC(=O)CN2C(=O)S/C(=C/c3cc(I)c(OCc4cccc(C(=O)O)c4)c(OC)c3)C2=O)cc1. The van der Waals surface area contributed by atoms with Gasteiger partial charge in [-0.15, -0.1) is 0 Å². The maximum absolute atomic E-state index is 13.0. The number of carboxylic acid groups (broad SMARTS) is 1. The lowest BCUT2D eigenvalue weighted by molar-refractivity contribution is -0.127. The number of carbonyl (C=O) groups is 4. The van der Waals surface area contributed by atoms with Crippen LogP contribution in [0.4, 0.5) is 10.5 Å². The minimum atomic E-state index is -1.03. The summed E-state index contributed by atoms with van der Waals surface area (Å²) in [6.45, 7) is 2.08. The number of hydrogen-bond donors (Lipinski definition) is 2. The van der Waals surface area contributed by atoms with Crippen LogP contribution in [0.25, 0.3) is 6.08 Å². The average molecular weight is 688 g/mol. The average Bonchev–Trinajstić information content (AvgIpc) is 3.20. The van der Waals surface area contributed by atoms with Gasteiger partial charge in [-0.25, -0.2) is 4.79 Å². The second kappa shape index (κ2) is 13.5. The Morgan fingerprint density at radius 1 is 1.07 bits per heavy atom. The van der Waals surface area contributed by atoms with Crippen molar-refractivity contribution >= 4 is 69.1 Å². The van der Waals surface area contributed by atoms with Crippen LogP contribution in [-0.2, 0) is 16.2 Å². The molecular formula is C29H25IN2O8S. The molecule has 41 heavy (non-hydrogen) atoms. The molecule has 0 radical (unpaired) electrons. The van der Waals surface area contributed by atoms with E-state index < -0.39 is 29.6 Å². The molecular weight excluding hydrogens is 663 g/mol. The highest BCUT2D eigenvalue weighted by Crippen LogP contribution is 2.37. The number of ether oxygens (including phenoxy) is 3. The highest BCUT2D eigenvalue weighted by Gasteiger charge is 2.36. The number of carboxylic acids is 1. The number of imide groups is 1. The number of rotatable bonds is 11. The normalized spacial score (nSPS) is 13.8. The molecule has 0 atom stereocenters. The molecule has 0 aliphatic carbocycles. The molecule has 0 unspecified atom stereocenters. The van der Waals surface area contributed by atoms with Crippen molar-refractivity contribution in [2.75, 3.05) is 25.6 Å². The second-order valence-electron chi connectivity index (χ2n) is 8.60. The van der Waals surface area contributed by atoms with E-state index in [1.807, 2.05) is 6.92 Å². The molecule has 3 aromatic rings. The van der Waals surface area contributed by atoms with E-state index in [1.165, 1.54) is 19.2 Å². The topological polar surface area (TPSA) is 131 Å². The van der Waals surface area contributed by atoms with Gasteiger partial charge in [0.15, 0.2) is 11.5 Å². The molecule has 0 saturated carbocycles. The van der Waals surface area contributed by atoms with Gasteiger partial charge in [-0.1, -0.05) is 12.1 Å². The Labute approximate surface area is 253 Å². The summed E-state index contributed by atoms with van der Waals surface area (Å²) in [5.74, 6) is -0.602. The molecule has 3 amide bonds. The van der Waals surface area contributed by atoms with Crippen molar-refractivity contribution in [2.45, 2.75) is 13.5 Å². The highest BCUT2D eigenvalue weighted by atomic mass is 127. The third-order valence-electron chi connectivity index (χ3n) is 5.73. The molecule has 212 valence electrons. The van der Waals surface area contributed by atoms with E-state index in [4.69, 9.17) is 14.2 Å². The first-order valence-electron chi connectivity index (χ1n) is 12.3. The van der Waals surface area contributed by atoms with Crippen molar-refractivity contribution in [3.05, 3.63) is 85.8 Å². The molecule has 0 bridgehead atoms. The van der Waals surface area contributed by atoms with Crippen molar-refractivity contribution < 1.29 is 38.5 Å². The number of nitrogens with one attached hydrogen (secondary N) is 1. The van der Waals surface area contributed by atoms with Crippen LogP contribution >= 0.6 is 34.4 Å². The molecule has 0 spiro atoms. The summed E-state index contributed by atoms with van der Waals surface area (Å²) in [7, 11) is 1.48. The van der Waals surface area contributed by atoms with Crippen LogP contribution in [0.5, 0.6) is 17.2 Å². The van der Waals surface area contributed by atoms with Crippen molar-refractivity contribution in [3.63, 3.8) is 0 Å². The van der Waals surface area contributed by atoms with Gasteiger partial charge in [-0.3, -0.25) is 19.3 Å². The number of hydrogen-bond acceptors (Lipinski definition) is 8. The predicted molar refractivity (Wildman–Crippen MR) is 162 cm³/mol. The van der Waals surface area contributed by atoms with Gasteiger partial charge in [-0.2, -0.15) is 0 Å². The number of halogens is 1. The fourth-order valence-electron chi connectivity index (χ4n) is 3.85. The molecule has 0 aromatic heterocycles. The van der Waals surface area contributed by atoms with E-state index in [1.54, 1.807) is 54.6 Å². The summed E-state index contributed by atoms with van der Waals surface area (Å²) in [5.41, 5.74) is 1.94.